The van der Waals surface area contributed by atoms with Crippen LogP contribution in [0.4, 0.5) is 0 Å². The smallest absolute Gasteiger partial charge is 0.162 e. The summed E-state index contributed by atoms with van der Waals surface area (Å²) in [7, 11) is 0. The van der Waals surface area contributed by atoms with E-state index in [9.17, 15) is 0 Å². The minimum Gasteiger partial charge on any atom is -0.472 e. The van der Waals surface area contributed by atoms with Crippen LogP contribution >= 0.6 is 0 Å². The van der Waals surface area contributed by atoms with Gasteiger partial charge < -0.3 is 9.73 Å². The summed E-state index contributed by atoms with van der Waals surface area (Å²) in [5, 5.41) is 3.47. The van der Waals surface area contributed by atoms with E-state index in [-0.39, 0.29) is 0 Å². The Morgan fingerprint density at radius 2 is 1.80 bits per heavy atom. The van der Waals surface area contributed by atoms with Crippen LogP contribution in [0.5, 0.6) is 0 Å². The number of hydrogen-bond donors (Lipinski definition) is 1. The number of furan rings is 1. The molecule has 0 fully saturated rings. The fourth-order valence-corrected chi connectivity index (χ4v) is 2.47. The van der Waals surface area contributed by atoms with E-state index in [0.29, 0.717) is 12.0 Å². The third kappa shape index (κ3) is 3.25. The monoisotopic (exact) mass is 273 g/mol. The predicted molar refractivity (Wildman–Crippen MR) is 80.8 cm³/mol. The van der Waals surface area contributed by atoms with Gasteiger partial charge in [-0.3, -0.25) is 0 Å². The van der Waals surface area contributed by atoms with Gasteiger partial charge in [-0.25, -0.2) is 9.97 Å². The van der Waals surface area contributed by atoms with Gasteiger partial charge >= 0.3 is 0 Å². The fourth-order valence-electron chi connectivity index (χ4n) is 2.47. The second kappa shape index (κ2) is 6.18. The van der Waals surface area contributed by atoms with Crippen LogP contribution in [-0.2, 0) is 0 Å². The molecule has 4 nitrogen and oxygen atoms in total. The van der Waals surface area contributed by atoms with Crippen LogP contribution in [0.1, 0.15) is 43.6 Å². The van der Waals surface area contributed by atoms with E-state index < -0.39 is 0 Å². The average molecular weight is 273 g/mol. The molecule has 1 N–H and O–H groups in total. The highest BCUT2D eigenvalue weighted by Gasteiger charge is 2.16. The summed E-state index contributed by atoms with van der Waals surface area (Å²) in [6, 6.07) is 2.38. The zero-order valence-corrected chi connectivity index (χ0v) is 12.9. The van der Waals surface area contributed by atoms with E-state index in [0.717, 1.165) is 29.3 Å². The zero-order chi connectivity index (χ0) is 14.7. The van der Waals surface area contributed by atoms with Gasteiger partial charge in [-0.2, -0.15) is 0 Å². The molecule has 0 amide bonds. The molecule has 0 bridgehead atoms. The van der Waals surface area contributed by atoms with Gasteiger partial charge in [0.1, 0.15) is 6.26 Å². The lowest BCUT2D eigenvalue weighted by atomic mass is 9.97. The Bertz CT molecular complexity index is 538. The van der Waals surface area contributed by atoms with Crippen LogP contribution in [0, 0.1) is 13.8 Å². The minimum atomic E-state index is 0.399. The Kier molecular flexibility index (Phi) is 4.55. The Balaban J connectivity index is 2.27. The van der Waals surface area contributed by atoms with Crippen molar-refractivity contribution in [2.24, 2.45) is 0 Å². The standard InChI is InChI=1S/C16H23N3O/c1-10(2)17-8-11(3)15-12(4)18-16(19-13(15)5)14-6-7-20-9-14/h6-7,9-11,17H,8H2,1-5H3. The van der Waals surface area contributed by atoms with E-state index in [1.807, 2.05) is 6.07 Å². The van der Waals surface area contributed by atoms with Crippen molar-refractivity contribution in [1.29, 1.82) is 0 Å². The highest BCUT2D eigenvalue weighted by molar-refractivity contribution is 5.53. The molecule has 2 aromatic rings. The zero-order valence-electron chi connectivity index (χ0n) is 12.9. The quantitative estimate of drug-likeness (QED) is 0.906. The molecular formula is C16H23N3O. The highest BCUT2D eigenvalue weighted by Crippen LogP contribution is 2.24. The lowest BCUT2D eigenvalue weighted by Crippen LogP contribution is -2.27. The summed E-state index contributed by atoms with van der Waals surface area (Å²) in [6.07, 6.45) is 3.32. The molecular weight excluding hydrogens is 250 g/mol. The first-order valence-corrected chi connectivity index (χ1v) is 7.10. The molecule has 0 radical (unpaired) electrons. The maximum Gasteiger partial charge on any atom is 0.162 e. The number of nitrogens with one attached hydrogen (secondary N) is 1. The van der Waals surface area contributed by atoms with Crippen molar-refractivity contribution in [3.8, 4) is 11.4 Å². The topological polar surface area (TPSA) is 51.0 Å². The van der Waals surface area contributed by atoms with E-state index >= 15 is 0 Å². The van der Waals surface area contributed by atoms with Gasteiger partial charge in [-0.15, -0.1) is 0 Å². The first kappa shape index (κ1) is 14.7. The molecule has 0 aromatic carbocycles. The average Bonchev–Trinajstić information content (AvgIpc) is 2.89. The molecule has 0 aliphatic heterocycles. The highest BCUT2D eigenvalue weighted by atomic mass is 16.3. The normalized spacial score (nSPS) is 12.9. The van der Waals surface area contributed by atoms with Crippen molar-refractivity contribution in [1.82, 2.24) is 15.3 Å². The minimum absolute atomic E-state index is 0.399. The van der Waals surface area contributed by atoms with E-state index in [1.165, 1.54) is 5.56 Å². The number of rotatable bonds is 5. The molecule has 0 aliphatic carbocycles. The van der Waals surface area contributed by atoms with Crippen molar-refractivity contribution in [2.75, 3.05) is 6.54 Å². The SMILES string of the molecule is Cc1nc(-c2ccoc2)nc(C)c1C(C)CNC(C)C. The van der Waals surface area contributed by atoms with Gasteiger partial charge in [-0.1, -0.05) is 20.8 Å². The predicted octanol–water partition coefficient (Wildman–Crippen LogP) is 3.45. The maximum atomic E-state index is 5.10. The summed E-state index contributed by atoms with van der Waals surface area (Å²) in [5.74, 6) is 1.14. The molecule has 2 aromatic heterocycles. The second-order valence-corrected chi connectivity index (χ2v) is 5.61. The Morgan fingerprint density at radius 3 is 2.30 bits per heavy atom. The molecule has 0 spiro atoms. The van der Waals surface area contributed by atoms with Crippen LogP contribution in [-0.4, -0.2) is 22.6 Å². The molecule has 0 saturated heterocycles. The molecule has 20 heavy (non-hydrogen) atoms. The third-order valence-electron chi connectivity index (χ3n) is 3.43. The lowest BCUT2D eigenvalue weighted by Gasteiger charge is -2.19. The van der Waals surface area contributed by atoms with Crippen molar-refractivity contribution in [3.63, 3.8) is 0 Å². The number of aryl methyl sites for hydroxylation is 2. The van der Waals surface area contributed by atoms with Crippen LogP contribution in [0.15, 0.2) is 23.0 Å². The molecule has 108 valence electrons. The molecule has 0 aliphatic rings. The van der Waals surface area contributed by atoms with Gasteiger partial charge in [0.05, 0.1) is 11.8 Å². The molecule has 2 rings (SSSR count). The Labute approximate surface area is 120 Å². The van der Waals surface area contributed by atoms with Gasteiger partial charge in [0.2, 0.25) is 0 Å². The fraction of sp³-hybridized carbons (Fsp3) is 0.500. The molecule has 4 heteroatoms. The Morgan fingerprint density at radius 1 is 1.15 bits per heavy atom. The van der Waals surface area contributed by atoms with Crippen molar-refractivity contribution in [3.05, 3.63) is 35.5 Å². The molecule has 2 heterocycles. The largest absolute Gasteiger partial charge is 0.472 e. The second-order valence-electron chi connectivity index (χ2n) is 5.61. The summed E-state index contributed by atoms with van der Waals surface area (Å²) in [4.78, 5) is 9.25. The first-order chi connectivity index (χ1) is 9.49. The first-order valence-electron chi connectivity index (χ1n) is 7.10. The van der Waals surface area contributed by atoms with Gasteiger partial charge in [0.15, 0.2) is 5.82 Å². The molecule has 1 unspecified atom stereocenters. The van der Waals surface area contributed by atoms with Crippen LogP contribution in [0.2, 0.25) is 0 Å². The lowest BCUT2D eigenvalue weighted by molar-refractivity contribution is 0.543. The van der Waals surface area contributed by atoms with Crippen LogP contribution in [0.3, 0.4) is 0 Å². The van der Waals surface area contributed by atoms with Crippen molar-refractivity contribution in [2.45, 2.75) is 46.6 Å². The van der Waals surface area contributed by atoms with Gasteiger partial charge in [-0.05, 0) is 31.4 Å². The molecule has 1 atom stereocenters. The third-order valence-corrected chi connectivity index (χ3v) is 3.43. The number of aromatic nitrogens is 2. The van der Waals surface area contributed by atoms with Crippen LogP contribution < -0.4 is 5.32 Å². The van der Waals surface area contributed by atoms with E-state index in [1.54, 1.807) is 12.5 Å². The van der Waals surface area contributed by atoms with E-state index in [2.05, 4.69) is 49.9 Å². The van der Waals surface area contributed by atoms with Gasteiger partial charge in [0, 0.05) is 24.0 Å². The number of hydrogen-bond acceptors (Lipinski definition) is 4. The summed E-state index contributed by atoms with van der Waals surface area (Å²) in [5.41, 5.74) is 4.26. The molecule has 0 saturated carbocycles. The van der Waals surface area contributed by atoms with E-state index in [4.69, 9.17) is 4.42 Å². The maximum absolute atomic E-state index is 5.10. The number of nitrogens with zero attached hydrogens (tertiary/aromatic N) is 2. The summed E-state index contributed by atoms with van der Waals surface area (Å²) >= 11 is 0. The van der Waals surface area contributed by atoms with Crippen molar-refractivity contribution < 1.29 is 4.42 Å². The summed E-state index contributed by atoms with van der Waals surface area (Å²) in [6.45, 7) is 11.6. The Hall–Kier alpha value is -1.68. The van der Waals surface area contributed by atoms with Crippen LogP contribution in [0.25, 0.3) is 11.4 Å². The van der Waals surface area contributed by atoms with Crippen molar-refractivity contribution >= 4 is 0 Å². The summed E-state index contributed by atoms with van der Waals surface area (Å²) < 4.78 is 5.10. The van der Waals surface area contributed by atoms with Gasteiger partial charge in [0.25, 0.3) is 0 Å².